The summed E-state index contributed by atoms with van der Waals surface area (Å²) in [6, 6.07) is 7.89. The molecule has 0 bridgehead atoms. The zero-order valence-corrected chi connectivity index (χ0v) is 13.8. The highest BCUT2D eigenvalue weighted by atomic mass is 16.2. The molecule has 23 heavy (non-hydrogen) atoms. The average Bonchev–Trinajstić information content (AvgIpc) is 2.60. The molecule has 2 heterocycles. The van der Waals surface area contributed by atoms with E-state index in [1.807, 2.05) is 34.1 Å². The molecule has 1 aromatic rings. The fraction of sp³-hybridized carbons (Fsp3) is 0.474. The second kappa shape index (κ2) is 6.19. The zero-order chi connectivity index (χ0) is 16.4. The summed E-state index contributed by atoms with van der Waals surface area (Å²) < 4.78 is 0. The molecule has 3 rings (SSSR count). The minimum Gasteiger partial charge on any atom is -0.339 e. The molecule has 2 fully saturated rings. The molecule has 0 unspecified atom stereocenters. The number of rotatable bonds is 3. The molecule has 0 atom stereocenters. The topological polar surface area (TPSA) is 40.6 Å². The number of hydrogen-bond donors (Lipinski definition) is 0. The number of amides is 2. The van der Waals surface area contributed by atoms with E-state index in [1.54, 1.807) is 0 Å². The lowest BCUT2D eigenvalue weighted by Crippen LogP contribution is -2.66. The molecule has 2 saturated heterocycles. The minimum atomic E-state index is -0.0457. The summed E-state index contributed by atoms with van der Waals surface area (Å²) in [6.07, 6.45) is 5.02. The molecule has 0 radical (unpaired) electrons. The Balaban J connectivity index is 1.74. The van der Waals surface area contributed by atoms with Crippen molar-refractivity contribution in [2.45, 2.75) is 38.1 Å². The second-order valence-corrected chi connectivity index (χ2v) is 6.47. The number of benzene rings is 1. The first kappa shape index (κ1) is 15.8. The van der Waals surface area contributed by atoms with Gasteiger partial charge < -0.3 is 9.80 Å². The van der Waals surface area contributed by atoms with Crippen molar-refractivity contribution >= 4 is 11.8 Å². The second-order valence-electron chi connectivity index (χ2n) is 6.47. The Bertz CT molecular complexity index is 630. The van der Waals surface area contributed by atoms with E-state index in [2.05, 4.69) is 13.5 Å². The van der Waals surface area contributed by atoms with Crippen LogP contribution in [-0.4, -0.2) is 46.8 Å². The largest absolute Gasteiger partial charge is 0.339 e. The Morgan fingerprint density at radius 1 is 1.17 bits per heavy atom. The number of piperidine rings is 1. The van der Waals surface area contributed by atoms with Gasteiger partial charge in [0.05, 0.1) is 0 Å². The van der Waals surface area contributed by atoms with Gasteiger partial charge in [-0.2, -0.15) is 0 Å². The van der Waals surface area contributed by atoms with Crippen LogP contribution >= 0.6 is 0 Å². The van der Waals surface area contributed by atoms with Crippen molar-refractivity contribution in [3.8, 4) is 0 Å². The van der Waals surface area contributed by atoms with E-state index < -0.39 is 0 Å². The quantitative estimate of drug-likeness (QED) is 0.805. The van der Waals surface area contributed by atoms with Gasteiger partial charge >= 0.3 is 0 Å². The van der Waals surface area contributed by atoms with Crippen molar-refractivity contribution in [1.82, 2.24) is 9.80 Å². The Hall–Kier alpha value is -2.10. The van der Waals surface area contributed by atoms with E-state index in [0.29, 0.717) is 13.1 Å². The minimum absolute atomic E-state index is 0.00613. The standard InChI is InChI=1S/C19H24N2O2/c1-3-15-7-5-6-8-16(15)18(23)21-14-11-19(21)9-12-20(13-10-19)17(22)4-2/h4-8H,2-3,9-14H2,1H3. The molecule has 1 aromatic carbocycles. The highest BCUT2D eigenvalue weighted by Crippen LogP contribution is 2.41. The van der Waals surface area contributed by atoms with E-state index in [0.717, 1.165) is 43.4 Å². The molecule has 0 saturated carbocycles. The van der Waals surface area contributed by atoms with Gasteiger partial charge in [-0.05, 0) is 43.4 Å². The molecule has 122 valence electrons. The Morgan fingerprint density at radius 2 is 1.83 bits per heavy atom. The van der Waals surface area contributed by atoms with Gasteiger partial charge in [0.15, 0.2) is 0 Å². The van der Waals surface area contributed by atoms with Crippen LogP contribution in [0.25, 0.3) is 0 Å². The van der Waals surface area contributed by atoms with Crippen molar-refractivity contribution in [2.75, 3.05) is 19.6 Å². The summed E-state index contributed by atoms with van der Waals surface area (Å²) in [6.45, 7) is 7.88. The van der Waals surface area contributed by atoms with Gasteiger partial charge in [0.1, 0.15) is 0 Å². The van der Waals surface area contributed by atoms with E-state index in [-0.39, 0.29) is 17.4 Å². The van der Waals surface area contributed by atoms with Crippen LogP contribution in [0.1, 0.15) is 42.1 Å². The van der Waals surface area contributed by atoms with Crippen LogP contribution in [0.4, 0.5) is 0 Å². The fourth-order valence-corrected chi connectivity index (χ4v) is 3.83. The van der Waals surface area contributed by atoms with Crippen LogP contribution < -0.4 is 0 Å². The zero-order valence-electron chi connectivity index (χ0n) is 13.8. The van der Waals surface area contributed by atoms with Crippen molar-refractivity contribution in [3.05, 3.63) is 48.0 Å². The van der Waals surface area contributed by atoms with Crippen LogP contribution in [0.3, 0.4) is 0 Å². The average molecular weight is 312 g/mol. The Morgan fingerprint density at radius 3 is 2.39 bits per heavy atom. The van der Waals surface area contributed by atoms with E-state index >= 15 is 0 Å². The van der Waals surface area contributed by atoms with Crippen molar-refractivity contribution in [3.63, 3.8) is 0 Å². The maximum atomic E-state index is 13.0. The molecule has 0 aromatic heterocycles. The van der Waals surface area contributed by atoms with E-state index in [1.165, 1.54) is 6.08 Å². The molecule has 2 amide bonds. The highest BCUT2D eigenvalue weighted by Gasteiger charge is 2.49. The number of likely N-dealkylation sites (tertiary alicyclic amines) is 2. The molecule has 2 aliphatic rings. The SMILES string of the molecule is C=CC(=O)N1CCC2(CC1)CCN2C(=O)c1ccccc1CC. The first-order valence-corrected chi connectivity index (χ1v) is 8.42. The summed E-state index contributed by atoms with van der Waals surface area (Å²) in [4.78, 5) is 28.6. The lowest BCUT2D eigenvalue weighted by atomic mass is 9.75. The van der Waals surface area contributed by atoms with Gasteiger partial charge in [-0.15, -0.1) is 0 Å². The fourth-order valence-electron chi connectivity index (χ4n) is 3.83. The summed E-state index contributed by atoms with van der Waals surface area (Å²) >= 11 is 0. The summed E-state index contributed by atoms with van der Waals surface area (Å²) in [5.41, 5.74) is 1.90. The lowest BCUT2D eigenvalue weighted by Gasteiger charge is -2.56. The summed E-state index contributed by atoms with van der Waals surface area (Å²) in [5, 5.41) is 0. The van der Waals surface area contributed by atoms with Crippen LogP contribution in [0.5, 0.6) is 0 Å². The third kappa shape index (κ3) is 2.67. The van der Waals surface area contributed by atoms with Crippen LogP contribution in [-0.2, 0) is 11.2 Å². The molecular formula is C19H24N2O2. The first-order valence-electron chi connectivity index (χ1n) is 8.42. The van der Waals surface area contributed by atoms with Gasteiger partial charge in [0, 0.05) is 30.7 Å². The molecule has 1 spiro atoms. The molecule has 0 aliphatic carbocycles. The monoisotopic (exact) mass is 312 g/mol. The van der Waals surface area contributed by atoms with Crippen LogP contribution in [0.15, 0.2) is 36.9 Å². The normalized spacial score (nSPS) is 19.3. The number of carbonyl (C=O) groups is 2. The third-order valence-electron chi connectivity index (χ3n) is 5.43. The predicted octanol–water partition coefficient (Wildman–Crippen LogP) is 2.64. The number of aryl methyl sites for hydroxylation is 1. The van der Waals surface area contributed by atoms with Crippen molar-refractivity contribution in [2.24, 2.45) is 0 Å². The molecular weight excluding hydrogens is 288 g/mol. The molecule has 4 nitrogen and oxygen atoms in total. The molecule has 4 heteroatoms. The number of carbonyl (C=O) groups excluding carboxylic acids is 2. The maximum Gasteiger partial charge on any atom is 0.254 e. The Labute approximate surface area is 137 Å². The van der Waals surface area contributed by atoms with Gasteiger partial charge in [-0.3, -0.25) is 9.59 Å². The van der Waals surface area contributed by atoms with Crippen LogP contribution in [0.2, 0.25) is 0 Å². The van der Waals surface area contributed by atoms with E-state index in [4.69, 9.17) is 0 Å². The smallest absolute Gasteiger partial charge is 0.254 e. The lowest BCUT2D eigenvalue weighted by molar-refractivity contribution is -0.130. The van der Waals surface area contributed by atoms with Crippen molar-refractivity contribution in [1.29, 1.82) is 0 Å². The molecule has 0 N–H and O–H groups in total. The van der Waals surface area contributed by atoms with Crippen LogP contribution in [0, 0.1) is 0 Å². The van der Waals surface area contributed by atoms with E-state index in [9.17, 15) is 9.59 Å². The van der Waals surface area contributed by atoms with Gasteiger partial charge in [0.25, 0.3) is 5.91 Å². The Kier molecular flexibility index (Phi) is 4.24. The van der Waals surface area contributed by atoms with Gasteiger partial charge in [-0.25, -0.2) is 0 Å². The highest BCUT2D eigenvalue weighted by molar-refractivity contribution is 5.96. The van der Waals surface area contributed by atoms with Gasteiger partial charge in [-0.1, -0.05) is 31.7 Å². The summed E-state index contributed by atoms with van der Waals surface area (Å²) in [5.74, 6) is 0.144. The predicted molar refractivity (Wildman–Crippen MR) is 90.2 cm³/mol. The summed E-state index contributed by atoms with van der Waals surface area (Å²) in [7, 11) is 0. The van der Waals surface area contributed by atoms with Crippen molar-refractivity contribution < 1.29 is 9.59 Å². The maximum absolute atomic E-state index is 13.0. The first-order chi connectivity index (χ1) is 11.1. The number of nitrogens with zero attached hydrogens (tertiary/aromatic N) is 2. The third-order valence-corrected chi connectivity index (χ3v) is 5.43. The van der Waals surface area contributed by atoms with Gasteiger partial charge in [0.2, 0.25) is 5.91 Å². The number of hydrogen-bond acceptors (Lipinski definition) is 2. The molecule has 2 aliphatic heterocycles.